The van der Waals surface area contributed by atoms with Gasteiger partial charge in [-0.2, -0.15) is 5.26 Å². The first kappa shape index (κ1) is 14.3. The molecule has 0 aliphatic carbocycles. The average molecular weight is 299 g/mol. The molecule has 0 bridgehead atoms. The number of pyridine rings is 1. The first-order valence-corrected chi connectivity index (χ1v) is 7.34. The Bertz CT molecular complexity index is 631. The van der Waals surface area contributed by atoms with Crippen molar-refractivity contribution >= 4 is 17.6 Å². The zero-order chi connectivity index (χ0) is 15.5. The molecule has 2 amide bonds. The Labute approximate surface area is 128 Å². The van der Waals surface area contributed by atoms with E-state index in [2.05, 4.69) is 21.3 Å². The van der Waals surface area contributed by atoms with Gasteiger partial charge in [0.1, 0.15) is 5.82 Å². The fourth-order valence-corrected chi connectivity index (χ4v) is 2.85. The van der Waals surface area contributed by atoms with Gasteiger partial charge >= 0.3 is 0 Å². The molecule has 3 rings (SSSR count). The summed E-state index contributed by atoms with van der Waals surface area (Å²) in [5, 5.41) is 11.6. The largest absolute Gasteiger partial charge is 0.355 e. The topological polar surface area (TPSA) is 89.3 Å². The SMILES string of the molecule is N#Cc1ccnc(N2CCN(C(=O)C3CNC(=O)C3)CC2)c1. The first-order chi connectivity index (χ1) is 10.7. The Balaban J connectivity index is 1.59. The maximum Gasteiger partial charge on any atom is 0.228 e. The second-order valence-electron chi connectivity index (χ2n) is 5.53. The van der Waals surface area contributed by atoms with Gasteiger partial charge in [-0.1, -0.05) is 0 Å². The van der Waals surface area contributed by atoms with Crippen molar-refractivity contribution in [3.63, 3.8) is 0 Å². The lowest BCUT2D eigenvalue weighted by molar-refractivity contribution is -0.136. The fraction of sp³-hybridized carbons (Fsp3) is 0.467. The monoisotopic (exact) mass is 299 g/mol. The lowest BCUT2D eigenvalue weighted by Crippen LogP contribution is -2.50. The molecule has 1 aromatic rings. The molecule has 3 heterocycles. The highest BCUT2D eigenvalue weighted by Gasteiger charge is 2.32. The van der Waals surface area contributed by atoms with Crippen molar-refractivity contribution < 1.29 is 9.59 Å². The zero-order valence-electron chi connectivity index (χ0n) is 12.2. The number of anilines is 1. The van der Waals surface area contributed by atoms with Crippen molar-refractivity contribution in [3.8, 4) is 6.07 Å². The van der Waals surface area contributed by atoms with Crippen LogP contribution in [0.4, 0.5) is 5.82 Å². The van der Waals surface area contributed by atoms with Gasteiger partial charge in [0.05, 0.1) is 17.6 Å². The molecule has 0 saturated carbocycles. The number of hydrogen-bond donors (Lipinski definition) is 1. The molecule has 2 saturated heterocycles. The maximum absolute atomic E-state index is 12.3. The van der Waals surface area contributed by atoms with E-state index in [-0.39, 0.29) is 17.7 Å². The molecule has 2 aliphatic heterocycles. The molecule has 114 valence electrons. The van der Waals surface area contributed by atoms with E-state index in [0.29, 0.717) is 44.7 Å². The summed E-state index contributed by atoms with van der Waals surface area (Å²) in [4.78, 5) is 31.7. The van der Waals surface area contributed by atoms with Crippen LogP contribution in [0.2, 0.25) is 0 Å². The number of nitrogens with zero attached hydrogens (tertiary/aromatic N) is 4. The number of amides is 2. The zero-order valence-corrected chi connectivity index (χ0v) is 12.2. The summed E-state index contributed by atoms with van der Waals surface area (Å²) in [6.07, 6.45) is 1.92. The van der Waals surface area contributed by atoms with Crippen LogP contribution in [-0.4, -0.2) is 54.4 Å². The van der Waals surface area contributed by atoms with E-state index in [1.165, 1.54) is 0 Å². The molecule has 0 aromatic carbocycles. The second kappa shape index (κ2) is 6.02. The summed E-state index contributed by atoms with van der Waals surface area (Å²) in [6, 6.07) is 5.54. The van der Waals surface area contributed by atoms with Crippen molar-refractivity contribution in [2.45, 2.75) is 6.42 Å². The first-order valence-electron chi connectivity index (χ1n) is 7.34. The Morgan fingerprint density at radius 1 is 1.36 bits per heavy atom. The fourth-order valence-electron chi connectivity index (χ4n) is 2.85. The van der Waals surface area contributed by atoms with Crippen molar-refractivity contribution in [2.75, 3.05) is 37.6 Å². The Morgan fingerprint density at radius 2 is 2.14 bits per heavy atom. The van der Waals surface area contributed by atoms with Crippen LogP contribution >= 0.6 is 0 Å². The van der Waals surface area contributed by atoms with Gasteiger partial charge in [-0.25, -0.2) is 4.98 Å². The van der Waals surface area contributed by atoms with Gasteiger partial charge in [-0.3, -0.25) is 9.59 Å². The summed E-state index contributed by atoms with van der Waals surface area (Å²) in [6.45, 7) is 3.04. The highest BCUT2D eigenvalue weighted by Crippen LogP contribution is 2.18. The number of piperazine rings is 1. The number of nitrogens with one attached hydrogen (secondary N) is 1. The van der Waals surface area contributed by atoms with Crippen molar-refractivity contribution in [1.82, 2.24) is 15.2 Å². The van der Waals surface area contributed by atoms with Crippen molar-refractivity contribution in [2.24, 2.45) is 5.92 Å². The van der Waals surface area contributed by atoms with Crippen LogP contribution in [0.5, 0.6) is 0 Å². The minimum Gasteiger partial charge on any atom is -0.355 e. The molecule has 2 fully saturated rings. The summed E-state index contributed by atoms with van der Waals surface area (Å²) in [5.74, 6) is 0.550. The molecular formula is C15H17N5O2. The van der Waals surface area contributed by atoms with E-state index in [1.54, 1.807) is 18.3 Å². The molecule has 0 spiro atoms. The van der Waals surface area contributed by atoms with Gasteiger partial charge in [-0.05, 0) is 12.1 Å². The van der Waals surface area contributed by atoms with Crippen molar-refractivity contribution in [1.29, 1.82) is 5.26 Å². The minimum absolute atomic E-state index is 0.0468. The molecule has 2 aliphatic rings. The van der Waals surface area contributed by atoms with Gasteiger partial charge in [0.25, 0.3) is 0 Å². The number of rotatable bonds is 2. The molecule has 7 heteroatoms. The third-order valence-electron chi connectivity index (χ3n) is 4.12. The quantitative estimate of drug-likeness (QED) is 0.812. The predicted molar refractivity (Wildman–Crippen MR) is 78.9 cm³/mol. The molecule has 7 nitrogen and oxygen atoms in total. The molecule has 1 atom stereocenters. The van der Waals surface area contributed by atoms with E-state index < -0.39 is 0 Å². The van der Waals surface area contributed by atoms with E-state index >= 15 is 0 Å². The standard InChI is InChI=1S/C15H17N5O2/c16-9-11-1-2-17-13(7-11)19-3-5-20(6-4-19)15(22)12-8-14(21)18-10-12/h1-2,7,12H,3-6,8,10H2,(H,18,21). The number of hydrogen-bond acceptors (Lipinski definition) is 5. The summed E-state index contributed by atoms with van der Waals surface area (Å²) >= 11 is 0. The summed E-state index contributed by atoms with van der Waals surface area (Å²) < 4.78 is 0. The Morgan fingerprint density at radius 3 is 2.77 bits per heavy atom. The lowest BCUT2D eigenvalue weighted by Gasteiger charge is -2.36. The molecule has 1 unspecified atom stereocenters. The van der Waals surface area contributed by atoms with Crippen LogP contribution in [0.3, 0.4) is 0 Å². The number of nitriles is 1. The smallest absolute Gasteiger partial charge is 0.228 e. The van der Waals surface area contributed by atoms with Gasteiger partial charge in [0.15, 0.2) is 0 Å². The van der Waals surface area contributed by atoms with Gasteiger partial charge in [-0.15, -0.1) is 0 Å². The van der Waals surface area contributed by atoms with Gasteiger partial charge in [0.2, 0.25) is 11.8 Å². The van der Waals surface area contributed by atoms with Crippen molar-refractivity contribution in [3.05, 3.63) is 23.9 Å². The maximum atomic E-state index is 12.3. The van der Waals surface area contributed by atoms with Gasteiger partial charge in [0, 0.05) is 45.3 Å². The molecule has 22 heavy (non-hydrogen) atoms. The third kappa shape index (κ3) is 2.86. The normalized spacial score (nSPS) is 21.4. The van der Waals surface area contributed by atoms with E-state index in [0.717, 1.165) is 5.82 Å². The highest BCUT2D eigenvalue weighted by molar-refractivity contribution is 5.89. The van der Waals surface area contributed by atoms with Crippen LogP contribution in [0.1, 0.15) is 12.0 Å². The van der Waals surface area contributed by atoms with Crippen LogP contribution in [0.25, 0.3) is 0 Å². The predicted octanol–water partition coefficient (Wildman–Crippen LogP) is -0.262. The Kier molecular flexibility index (Phi) is 3.92. The summed E-state index contributed by atoms with van der Waals surface area (Å²) in [5.41, 5.74) is 0.582. The minimum atomic E-state index is -0.223. The molecule has 0 radical (unpaired) electrons. The van der Waals surface area contributed by atoms with Crippen LogP contribution in [-0.2, 0) is 9.59 Å². The second-order valence-corrected chi connectivity index (χ2v) is 5.53. The third-order valence-corrected chi connectivity index (χ3v) is 4.12. The van der Waals surface area contributed by atoms with E-state index in [4.69, 9.17) is 5.26 Å². The van der Waals surface area contributed by atoms with Crippen LogP contribution < -0.4 is 10.2 Å². The summed E-state index contributed by atoms with van der Waals surface area (Å²) in [7, 11) is 0. The highest BCUT2D eigenvalue weighted by atomic mass is 16.2. The molecular weight excluding hydrogens is 282 g/mol. The average Bonchev–Trinajstić information content (AvgIpc) is 3.01. The van der Waals surface area contributed by atoms with Gasteiger partial charge < -0.3 is 15.1 Å². The number of aromatic nitrogens is 1. The van der Waals surface area contributed by atoms with E-state index in [9.17, 15) is 9.59 Å². The molecule has 1 aromatic heterocycles. The van der Waals surface area contributed by atoms with E-state index in [1.807, 2.05) is 4.90 Å². The number of carbonyl (C=O) groups is 2. The lowest BCUT2D eigenvalue weighted by atomic mass is 10.1. The molecule has 1 N–H and O–H groups in total. The Hall–Kier alpha value is -2.62. The van der Waals surface area contributed by atoms with Crippen LogP contribution in [0.15, 0.2) is 18.3 Å². The number of carbonyl (C=O) groups excluding carboxylic acids is 2. The van der Waals surface area contributed by atoms with Crippen LogP contribution in [0, 0.1) is 17.2 Å².